The molecule has 0 radical (unpaired) electrons. The van der Waals surface area contributed by atoms with Crippen LogP contribution in [0.15, 0.2) is 30.4 Å². The molecule has 0 N–H and O–H groups in total. The second kappa shape index (κ2) is 8.06. The van der Waals surface area contributed by atoms with Crippen LogP contribution in [0.5, 0.6) is 11.5 Å². The van der Waals surface area contributed by atoms with Gasteiger partial charge >= 0.3 is 0 Å². The third-order valence-electron chi connectivity index (χ3n) is 10.7. The number of rotatable bonds is 4. The smallest absolute Gasteiger partial charge is 0.246 e. The summed E-state index contributed by atoms with van der Waals surface area (Å²) in [5.41, 5.74) is 1.88. The number of nitrogens with zero attached hydrogens (tertiary/aromatic N) is 1. The summed E-state index contributed by atoms with van der Waals surface area (Å²) in [7, 11) is 5.44. The molecule has 8 atom stereocenters. The van der Waals surface area contributed by atoms with Gasteiger partial charge in [-0.3, -0.25) is 4.79 Å². The Balaban J connectivity index is 1.41. The molecular formula is C29H41NO3. The quantitative estimate of drug-likeness (QED) is 0.558. The summed E-state index contributed by atoms with van der Waals surface area (Å²) in [5, 5.41) is 0. The molecule has 0 saturated heterocycles. The summed E-state index contributed by atoms with van der Waals surface area (Å²) in [4.78, 5) is 14.4. The minimum Gasteiger partial charge on any atom is -0.493 e. The van der Waals surface area contributed by atoms with Crippen LogP contribution in [-0.4, -0.2) is 38.1 Å². The van der Waals surface area contributed by atoms with Crippen molar-refractivity contribution in [3.8, 4) is 11.5 Å². The van der Waals surface area contributed by atoms with Gasteiger partial charge in [0.2, 0.25) is 5.91 Å². The summed E-state index contributed by atoms with van der Waals surface area (Å²) in [6.07, 6.45) is 11.8. The van der Waals surface area contributed by atoms with Gasteiger partial charge in [0.1, 0.15) is 0 Å². The van der Waals surface area contributed by atoms with Crippen LogP contribution in [0.3, 0.4) is 0 Å². The van der Waals surface area contributed by atoms with Crippen molar-refractivity contribution >= 4 is 5.91 Å². The predicted octanol–water partition coefficient (Wildman–Crippen LogP) is 6.06. The molecule has 180 valence electrons. The highest BCUT2D eigenvalue weighted by Crippen LogP contribution is 2.67. The highest BCUT2D eigenvalue weighted by molar-refractivity contribution is 5.89. The van der Waals surface area contributed by atoms with Crippen molar-refractivity contribution in [3.05, 3.63) is 35.9 Å². The number of ether oxygens (including phenoxy) is 2. The van der Waals surface area contributed by atoms with E-state index in [-0.39, 0.29) is 11.3 Å². The number of hydrogen-bond donors (Lipinski definition) is 0. The molecule has 1 amide bonds. The van der Waals surface area contributed by atoms with E-state index in [2.05, 4.69) is 45.0 Å². The first-order valence-corrected chi connectivity index (χ1v) is 12.9. The van der Waals surface area contributed by atoms with Gasteiger partial charge in [0, 0.05) is 18.5 Å². The third kappa shape index (κ3) is 3.26. The second-order valence-corrected chi connectivity index (χ2v) is 11.7. The Morgan fingerprint density at radius 2 is 1.76 bits per heavy atom. The van der Waals surface area contributed by atoms with Crippen LogP contribution in [-0.2, 0) is 4.79 Å². The number of carbonyl (C=O) groups excluding carboxylic acids is 1. The minimum absolute atomic E-state index is 0.125. The number of likely N-dealkylation sites (N-methyl/N-ethyl adjacent to an activating group) is 1. The highest BCUT2D eigenvalue weighted by Gasteiger charge is 2.60. The fraction of sp³-hybridized carbons (Fsp3) is 0.690. The van der Waals surface area contributed by atoms with Gasteiger partial charge in [-0.1, -0.05) is 32.9 Å². The van der Waals surface area contributed by atoms with E-state index < -0.39 is 0 Å². The van der Waals surface area contributed by atoms with Gasteiger partial charge < -0.3 is 14.4 Å². The number of fused-ring (bicyclic) bond motifs is 5. The Labute approximate surface area is 199 Å². The lowest BCUT2D eigenvalue weighted by Gasteiger charge is -2.60. The van der Waals surface area contributed by atoms with Crippen LogP contribution in [0.1, 0.15) is 70.8 Å². The van der Waals surface area contributed by atoms with Gasteiger partial charge in [-0.2, -0.15) is 0 Å². The van der Waals surface area contributed by atoms with Crippen LogP contribution in [0.25, 0.3) is 0 Å². The zero-order valence-electron chi connectivity index (χ0n) is 21.3. The van der Waals surface area contributed by atoms with Gasteiger partial charge in [-0.05, 0) is 97.3 Å². The number of amides is 1. The summed E-state index contributed by atoms with van der Waals surface area (Å²) in [6, 6.07) is 6.85. The summed E-state index contributed by atoms with van der Waals surface area (Å²) >= 11 is 0. The van der Waals surface area contributed by atoms with Gasteiger partial charge in [0.25, 0.3) is 0 Å². The molecule has 1 aromatic carbocycles. The van der Waals surface area contributed by atoms with E-state index >= 15 is 0 Å². The molecule has 2 unspecified atom stereocenters. The Hall–Kier alpha value is -1.97. The molecule has 3 fully saturated rings. The fourth-order valence-electron chi connectivity index (χ4n) is 8.97. The monoisotopic (exact) mass is 451 g/mol. The number of carbonyl (C=O) groups is 1. The topological polar surface area (TPSA) is 38.8 Å². The molecule has 33 heavy (non-hydrogen) atoms. The summed E-state index contributed by atoms with van der Waals surface area (Å²) in [6.45, 7) is 7.47. The zero-order valence-corrected chi connectivity index (χ0v) is 21.3. The van der Waals surface area contributed by atoms with Crippen molar-refractivity contribution in [2.45, 2.75) is 71.3 Å². The Morgan fingerprint density at radius 1 is 1.00 bits per heavy atom. The van der Waals surface area contributed by atoms with Crippen molar-refractivity contribution in [1.29, 1.82) is 0 Å². The van der Waals surface area contributed by atoms with E-state index in [0.717, 1.165) is 29.8 Å². The average molecular weight is 452 g/mol. The molecule has 0 bridgehead atoms. The van der Waals surface area contributed by atoms with Crippen molar-refractivity contribution in [2.75, 3.05) is 21.3 Å². The molecule has 1 heterocycles. The SMILES string of the molecule is COc1ccc(C(C)[C@H]2CC[C@H]3[C@@H]4CCC5N(C)C(=O)C=C[C@]5(C)[C@H]4CC[C@]23C)cc1OC. The molecule has 1 aromatic rings. The normalized spacial score (nSPS) is 40.6. The van der Waals surface area contributed by atoms with E-state index in [1.807, 2.05) is 18.0 Å². The first-order valence-electron chi connectivity index (χ1n) is 12.9. The van der Waals surface area contributed by atoms with Gasteiger partial charge in [-0.15, -0.1) is 0 Å². The molecule has 3 saturated carbocycles. The number of methoxy groups -OCH3 is 2. The van der Waals surface area contributed by atoms with Gasteiger partial charge in [0.15, 0.2) is 11.5 Å². The molecule has 1 aliphatic heterocycles. The van der Waals surface area contributed by atoms with E-state index in [1.165, 1.54) is 37.7 Å². The molecule has 4 aliphatic rings. The molecule has 0 spiro atoms. The first kappa shape index (κ1) is 22.8. The van der Waals surface area contributed by atoms with E-state index in [1.54, 1.807) is 14.2 Å². The Morgan fingerprint density at radius 3 is 2.48 bits per heavy atom. The average Bonchev–Trinajstić information content (AvgIpc) is 3.18. The molecule has 4 nitrogen and oxygen atoms in total. The van der Waals surface area contributed by atoms with Crippen molar-refractivity contribution in [3.63, 3.8) is 0 Å². The maximum atomic E-state index is 12.3. The predicted molar refractivity (Wildman–Crippen MR) is 132 cm³/mol. The molecule has 3 aliphatic carbocycles. The van der Waals surface area contributed by atoms with E-state index in [4.69, 9.17) is 9.47 Å². The lowest BCUT2D eigenvalue weighted by atomic mass is 9.47. The van der Waals surface area contributed by atoms with Crippen LogP contribution in [0.4, 0.5) is 0 Å². The summed E-state index contributed by atoms with van der Waals surface area (Å²) < 4.78 is 11.1. The Bertz CT molecular complexity index is 956. The maximum absolute atomic E-state index is 12.3. The third-order valence-corrected chi connectivity index (χ3v) is 10.7. The first-order chi connectivity index (χ1) is 15.7. The highest BCUT2D eigenvalue weighted by atomic mass is 16.5. The number of benzene rings is 1. The maximum Gasteiger partial charge on any atom is 0.246 e. The van der Waals surface area contributed by atoms with Crippen LogP contribution >= 0.6 is 0 Å². The molecular weight excluding hydrogens is 410 g/mol. The minimum atomic E-state index is 0.125. The van der Waals surface area contributed by atoms with Crippen LogP contribution in [0, 0.1) is 34.5 Å². The largest absolute Gasteiger partial charge is 0.493 e. The molecule has 0 aromatic heterocycles. The van der Waals surface area contributed by atoms with Crippen molar-refractivity contribution < 1.29 is 14.3 Å². The molecule has 4 heteroatoms. The summed E-state index contributed by atoms with van der Waals surface area (Å²) in [5.74, 6) is 5.27. The van der Waals surface area contributed by atoms with Crippen LogP contribution < -0.4 is 9.47 Å². The number of hydrogen-bond acceptors (Lipinski definition) is 3. The van der Waals surface area contributed by atoms with Crippen molar-refractivity contribution in [1.82, 2.24) is 4.90 Å². The van der Waals surface area contributed by atoms with Crippen LogP contribution in [0.2, 0.25) is 0 Å². The van der Waals surface area contributed by atoms with Gasteiger partial charge in [0.05, 0.1) is 14.2 Å². The van der Waals surface area contributed by atoms with Crippen molar-refractivity contribution in [2.24, 2.45) is 34.5 Å². The lowest BCUT2D eigenvalue weighted by molar-refractivity contribution is -0.139. The van der Waals surface area contributed by atoms with Gasteiger partial charge in [-0.25, -0.2) is 0 Å². The standard InChI is InChI=1S/C29H41NO3/c1-18(19-7-11-24(32-5)25(17-19)33-6)21-9-10-22-20-8-12-26-29(3,16-14-27(31)30(26)4)23(20)13-15-28(21,22)2/h7,11,14,16-18,20-23,26H,8-10,12-13,15H2,1-6H3/t18?,20-,21+,22-,23-,26?,28+,29+/m0/s1. The molecule has 5 rings (SSSR count). The fourth-order valence-corrected chi connectivity index (χ4v) is 8.97. The zero-order chi connectivity index (χ0) is 23.5. The van der Waals surface area contributed by atoms with E-state index in [9.17, 15) is 4.79 Å². The second-order valence-electron chi connectivity index (χ2n) is 11.7. The Kier molecular flexibility index (Phi) is 5.57. The lowest BCUT2D eigenvalue weighted by Crippen LogP contribution is -2.59. The van der Waals surface area contributed by atoms with E-state index in [0.29, 0.717) is 29.2 Å².